The molecule has 1 amide bonds. The van der Waals surface area contributed by atoms with Crippen LogP contribution in [0.15, 0.2) is 47.4 Å². The maximum Gasteiger partial charge on any atom is 0.243 e. The number of amides is 1. The van der Waals surface area contributed by atoms with Crippen molar-refractivity contribution in [1.82, 2.24) is 4.31 Å². The highest BCUT2D eigenvalue weighted by Gasteiger charge is 2.21. The monoisotopic (exact) mass is 414 g/mol. The third-order valence-corrected chi connectivity index (χ3v) is 6.59. The minimum Gasteiger partial charge on any atom is -0.326 e. The van der Waals surface area contributed by atoms with Crippen LogP contribution in [0.3, 0.4) is 0 Å². The fraction of sp³-hybridized carbons (Fsp3) is 0.278. The quantitative estimate of drug-likeness (QED) is 0.737. The van der Waals surface area contributed by atoms with E-state index in [0.717, 1.165) is 0 Å². The zero-order valence-corrected chi connectivity index (χ0v) is 16.8. The van der Waals surface area contributed by atoms with E-state index in [4.69, 9.17) is 23.2 Å². The molecule has 0 aliphatic heterocycles. The zero-order chi connectivity index (χ0) is 19.3. The number of nitrogens with one attached hydrogen (secondary N) is 1. The summed E-state index contributed by atoms with van der Waals surface area (Å²) in [4.78, 5) is 12.4. The molecule has 0 radical (unpaired) electrons. The number of carbonyl (C=O) groups is 1. The van der Waals surface area contributed by atoms with Crippen molar-refractivity contribution in [3.8, 4) is 0 Å². The third kappa shape index (κ3) is 4.98. The molecule has 2 rings (SSSR count). The lowest BCUT2D eigenvalue weighted by Crippen LogP contribution is -2.30. The van der Waals surface area contributed by atoms with Gasteiger partial charge in [-0.1, -0.05) is 49.2 Å². The van der Waals surface area contributed by atoms with Crippen molar-refractivity contribution in [3.05, 3.63) is 58.1 Å². The Morgan fingerprint density at radius 2 is 1.73 bits per heavy atom. The van der Waals surface area contributed by atoms with Gasteiger partial charge in [-0.3, -0.25) is 4.79 Å². The van der Waals surface area contributed by atoms with Crippen molar-refractivity contribution < 1.29 is 13.2 Å². The Morgan fingerprint density at radius 1 is 1.04 bits per heavy atom. The van der Waals surface area contributed by atoms with Gasteiger partial charge < -0.3 is 5.32 Å². The van der Waals surface area contributed by atoms with Gasteiger partial charge in [0.05, 0.1) is 21.4 Å². The van der Waals surface area contributed by atoms with Crippen LogP contribution < -0.4 is 5.32 Å². The molecule has 0 saturated carbocycles. The molecule has 0 fully saturated rings. The lowest BCUT2D eigenvalue weighted by Gasteiger charge is -2.18. The number of carbonyl (C=O) groups excluding carboxylic acids is 1. The van der Waals surface area contributed by atoms with Crippen LogP contribution in [-0.2, 0) is 21.2 Å². The summed E-state index contributed by atoms with van der Waals surface area (Å²) in [7, 11) is -3.58. The second kappa shape index (κ2) is 8.86. The lowest BCUT2D eigenvalue weighted by molar-refractivity contribution is -0.115. The van der Waals surface area contributed by atoms with Gasteiger partial charge in [0, 0.05) is 18.8 Å². The smallest absolute Gasteiger partial charge is 0.243 e. The molecule has 2 aromatic carbocycles. The third-order valence-electron chi connectivity index (χ3n) is 3.81. The van der Waals surface area contributed by atoms with Crippen LogP contribution in [0.2, 0.25) is 10.0 Å². The molecule has 2 aromatic rings. The largest absolute Gasteiger partial charge is 0.326 e. The molecule has 26 heavy (non-hydrogen) atoms. The standard InChI is InChI=1S/C18H20Cl2N2O3S/c1-3-22(4-2)26(24,25)15-7-5-6-14(12-15)21-18(23)11-13-8-9-16(19)17(20)10-13/h5-10,12H,3-4,11H2,1-2H3,(H,21,23). The maximum absolute atomic E-state index is 12.6. The number of rotatable bonds is 7. The minimum absolute atomic E-state index is 0.101. The molecular formula is C18H20Cl2N2O3S. The molecular weight excluding hydrogens is 395 g/mol. The second-order valence-electron chi connectivity index (χ2n) is 5.59. The number of anilines is 1. The molecule has 0 aliphatic rings. The van der Waals surface area contributed by atoms with Crippen molar-refractivity contribution >= 4 is 44.8 Å². The van der Waals surface area contributed by atoms with E-state index < -0.39 is 10.0 Å². The molecule has 0 bridgehead atoms. The average Bonchev–Trinajstić information content (AvgIpc) is 2.59. The van der Waals surface area contributed by atoms with Crippen molar-refractivity contribution in [3.63, 3.8) is 0 Å². The number of halogens is 2. The van der Waals surface area contributed by atoms with E-state index in [9.17, 15) is 13.2 Å². The van der Waals surface area contributed by atoms with Gasteiger partial charge >= 0.3 is 0 Å². The molecule has 0 spiro atoms. The van der Waals surface area contributed by atoms with Gasteiger partial charge in [0.25, 0.3) is 0 Å². The van der Waals surface area contributed by atoms with E-state index in [1.165, 1.54) is 16.4 Å². The summed E-state index contributed by atoms with van der Waals surface area (Å²) in [6, 6.07) is 11.2. The molecule has 140 valence electrons. The Balaban J connectivity index is 2.15. The molecule has 1 N–H and O–H groups in total. The van der Waals surface area contributed by atoms with Crippen LogP contribution in [0.4, 0.5) is 5.69 Å². The van der Waals surface area contributed by atoms with Crippen LogP contribution in [0.25, 0.3) is 0 Å². The van der Waals surface area contributed by atoms with Gasteiger partial charge in [-0.05, 0) is 35.9 Å². The Morgan fingerprint density at radius 3 is 2.35 bits per heavy atom. The van der Waals surface area contributed by atoms with Gasteiger partial charge in [-0.2, -0.15) is 4.31 Å². The Kier molecular flexibility index (Phi) is 7.06. The number of sulfonamides is 1. The first-order valence-corrected chi connectivity index (χ1v) is 10.3. The van der Waals surface area contributed by atoms with Gasteiger partial charge in [-0.15, -0.1) is 0 Å². The summed E-state index contributed by atoms with van der Waals surface area (Å²) >= 11 is 11.8. The van der Waals surface area contributed by atoms with Crippen molar-refractivity contribution in [2.75, 3.05) is 18.4 Å². The molecule has 0 heterocycles. The maximum atomic E-state index is 12.6. The Labute approximate surface area is 164 Å². The van der Waals surface area contributed by atoms with E-state index in [1.807, 2.05) is 0 Å². The highest BCUT2D eigenvalue weighted by Crippen LogP contribution is 2.23. The van der Waals surface area contributed by atoms with Gasteiger partial charge in [0.1, 0.15) is 0 Å². The van der Waals surface area contributed by atoms with Crippen molar-refractivity contribution in [1.29, 1.82) is 0 Å². The van der Waals surface area contributed by atoms with Crippen LogP contribution in [0.5, 0.6) is 0 Å². The summed E-state index contributed by atoms with van der Waals surface area (Å²) in [5.74, 6) is -0.277. The fourth-order valence-electron chi connectivity index (χ4n) is 2.49. The summed E-state index contributed by atoms with van der Waals surface area (Å²) in [5.41, 5.74) is 1.13. The van der Waals surface area contributed by atoms with Crippen LogP contribution in [0.1, 0.15) is 19.4 Å². The highest BCUT2D eigenvalue weighted by molar-refractivity contribution is 7.89. The second-order valence-corrected chi connectivity index (χ2v) is 8.34. The highest BCUT2D eigenvalue weighted by atomic mass is 35.5. The number of hydrogen-bond donors (Lipinski definition) is 1. The molecule has 0 aliphatic carbocycles. The molecule has 0 atom stereocenters. The number of nitrogens with zero attached hydrogens (tertiary/aromatic N) is 1. The summed E-state index contributed by atoms with van der Waals surface area (Å²) in [6.07, 6.45) is 0.101. The molecule has 8 heteroatoms. The van der Waals surface area contributed by atoms with Gasteiger partial charge in [0.15, 0.2) is 0 Å². The average molecular weight is 415 g/mol. The summed E-state index contributed by atoms with van der Waals surface area (Å²) in [5, 5.41) is 3.51. The zero-order valence-electron chi connectivity index (χ0n) is 14.5. The van der Waals surface area contributed by atoms with E-state index >= 15 is 0 Å². The Hall–Kier alpha value is -1.60. The van der Waals surface area contributed by atoms with E-state index in [1.54, 1.807) is 44.2 Å². The molecule has 0 saturated heterocycles. The van der Waals surface area contributed by atoms with E-state index in [0.29, 0.717) is 34.4 Å². The molecule has 5 nitrogen and oxygen atoms in total. The molecule has 0 aromatic heterocycles. The van der Waals surface area contributed by atoms with Gasteiger partial charge in [-0.25, -0.2) is 8.42 Å². The van der Waals surface area contributed by atoms with Crippen LogP contribution in [0, 0.1) is 0 Å². The molecule has 0 unspecified atom stereocenters. The van der Waals surface area contributed by atoms with Crippen LogP contribution >= 0.6 is 23.2 Å². The first kappa shape index (κ1) is 20.7. The Bertz CT molecular complexity index is 897. The normalized spacial score (nSPS) is 11.6. The lowest BCUT2D eigenvalue weighted by atomic mass is 10.1. The van der Waals surface area contributed by atoms with E-state index in [-0.39, 0.29) is 17.2 Å². The van der Waals surface area contributed by atoms with Crippen molar-refractivity contribution in [2.24, 2.45) is 0 Å². The summed E-state index contributed by atoms with van der Waals surface area (Å²) < 4.78 is 26.5. The van der Waals surface area contributed by atoms with Gasteiger partial charge in [0.2, 0.25) is 15.9 Å². The topological polar surface area (TPSA) is 66.5 Å². The first-order chi connectivity index (χ1) is 12.3. The van der Waals surface area contributed by atoms with Crippen molar-refractivity contribution in [2.45, 2.75) is 25.2 Å². The first-order valence-electron chi connectivity index (χ1n) is 8.12. The minimum atomic E-state index is -3.58. The predicted octanol–water partition coefficient (Wildman–Crippen LogP) is 4.21. The number of benzene rings is 2. The SMILES string of the molecule is CCN(CC)S(=O)(=O)c1cccc(NC(=O)Cc2ccc(Cl)c(Cl)c2)c1. The van der Waals surface area contributed by atoms with E-state index in [2.05, 4.69) is 5.32 Å². The van der Waals surface area contributed by atoms with Crippen LogP contribution in [-0.4, -0.2) is 31.7 Å². The summed E-state index contributed by atoms with van der Waals surface area (Å²) in [6.45, 7) is 4.33. The fourth-order valence-corrected chi connectivity index (χ4v) is 4.31. The number of hydrogen-bond acceptors (Lipinski definition) is 3. The predicted molar refractivity (Wildman–Crippen MR) is 105 cm³/mol.